The van der Waals surface area contributed by atoms with E-state index in [1.54, 1.807) is 19.1 Å². The zero-order valence-electron chi connectivity index (χ0n) is 12.8. The molecule has 22 heavy (non-hydrogen) atoms. The summed E-state index contributed by atoms with van der Waals surface area (Å²) in [6, 6.07) is 4.56. The number of benzene rings is 1. The molecule has 0 aliphatic carbocycles. The quantitative estimate of drug-likeness (QED) is 0.556. The van der Waals surface area contributed by atoms with Gasteiger partial charge in [0.05, 0.1) is 0 Å². The molecule has 1 amide bonds. The van der Waals surface area contributed by atoms with Gasteiger partial charge < -0.3 is 9.73 Å². The van der Waals surface area contributed by atoms with Gasteiger partial charge in [-0.05, 0) is 46.0 Å². The number of halogens is 1. The number of carbonyl (C=O) groups is 1. The monoisotopic (exact) mass is 323 g/mol. The number of carbonyl (C=O) groups excluding carboxylic acids is 1. The van der Waals surface area contributed by atoms with Gasteiger partial charge in [-0.1, -0.05) is 12.1 Å². The van der Waals surface area contributed by atoms with Crippen molar-refractivity contribution < 1.29 is 13.6 Å². The lowest BCUT2D eigenvalue weighted by Crippen LogP contribution is -2.52. The van der Waals surface area contributed by atoms with E-state index in [1.807, 2.05) is 20.8 Å². The third-order valence-electron chi connectivity index (χ3n) is 2.90. The summed E-state index contributed by atoms with van der Waals surface area (Å²) in [6.45, 7) is 7.52. The number of rotatable bonds is 1. The fourth-order valence-electron chi connectivity index (χ4n) is 1.97. The van der Waals surface area contributed by atoms with Crippen LogP contribution in [0.15, 0.2) is 22.6 Å². The van der Waals surface area contributed by atoms with Gasteiger partial charge in [0.1, 0.15) is 0 Å². The molecule has 0 unspecified atom stereocenters. The van der Waals surface area contributed by atoms with E-state index >= 15 is 0 Å². The van der Waals surface area contributed by atoms with Crippen molar-refractivity contribution >= 4 is 34.2 Å². The van der Waals surface area contributed by atoms with E-state index in [0.717, 1.165) is 0 Å². The smallest absolute Gasteiger partial charge is 0.305 e. The normalized spacial score (nSPS) is 11.3. The maximum Gasteiger partial charge on any atom is 0.305 e. The van der Waals surface area contributed by atoms with Gasteiger partial charge in [0.2, 0.25) is 0 Å². The first-order valence-corrected chi connectivity index (χ1v) is 7.16. The number of hydrazine groups is 1. The van der Waals surface area contributed by atoms with Gasteiger partial charge in [0.15, 0.2) is 22.3 Å². The number of fused-ring (bicyclic) bond motifs is 1. The zero-order valence-corrected chi connectivity index (χ0v) is 13.7. The fraction of sp³-hybridized carbons (Fsp3) is 0.333. The lowest BCUT2D eigenvalue weighted by molar-refractivity contribution is 0.0916. The van der Waals surface area contributed by atoms with Crippen molar-refractivity contribution in [2.24, 2.45) is 0 Å². The number of hydrogen-bond acceptors (Lipinski definition) is 3. The molecule has 0 atom stereocenters. The molecule has 1 aromatic carbocycles. The second-order valence-electron chi connectivity index (χ2n) is 5.96. The molecule has 118 valence electrons. The van der Waals surface area contributed by atoms with Gasteiger partial charge in [0.25, 0.3) is 0 Å². The molecular weight excluding hydrogens is 305 g/mol. The summed E-state index contributed by atoms with van der Waals surface area (Å²) in [6.07, 6.45) is 0. The maximum atomic E-state index is 13.7. The molecule has 5 nitrogen and oxygen atoms in total. The first kappa shape index (κ1) is 16.2. The van der Waals surface area contributed by atoms with Crippen LogP contribution in [0.5, 0.6) is 0 Å². The third kappa shape index (κ3) is 3.54. The molecule has 0 bridgehead atoms. The number of nitrogens with one attached hydrogen (secondary N) is 3. The Kier molecular flexibility index (Phi) is 4.37. The summed E-state index contributed by atoms with van der Waals surface area (Å²) >= 11 is 5.06. The van der Waals surface area contributed by atoms with Crippen LogP contribution in [0, 0.1) is 12.7 Å². The van der Waals surface area contributed by atoms with Crippen molar-refractivity contribution in [1.82, 2.24) is 16.2 Å². The second kappa shape index (κ2) is 5.92. The van der Waals surface area contributed by atoms with E-state index in [4.69, 9.17) is 16.6 Å². The molecule has 1 heterocycles. The predicted octanol–water partition coefficient (Wildman–Crippen LogP) is 2.79. The van der Waals surface area contributed by atoms with Crippen LogP contribution in [0.25, 0.3) is 11.0 Å². The van der Waals surface area contributed by atoms with Crippen molar-refractivity contribution in [2.45, 2.75) is 33.2 Å². The van der Waals surface area contributed by atoms with Crippen LogP contribution in [0.4, 0.5) is 4.39 Å². The molecule has 2 aromatic rings. The van der Waals surface area contributed by atoms with E-state index in [9.17, 15) is 9.18 Å². The standard InChI is InChI=1S/C15H18FN3O2S/c1-8-9-6-5-7-10(16)12(9)21-11(8)13(20)18-19-14(22)17-15(2,3)4/h5-7H,1-4H3,(H,18,20)(H2,17,19,22). The van der Waals surface area contributed by atoms with Crippen LogP contribution >= 0.6 is 12.2 Å². The highest BCUT2D eigenvalue weighted by atomic mass is 32.1. The molecular formula is C15H18FN3O2S. The van der Waals surface area contributed by atoms with Gasteiger partial charge in [0, 0.05) is 16.5 Å². The molecule has 0 aliphatic rings. The average Bonchev–Trinajstić information content (AvgIpc) is 2.73. The highest BCUT2D eigenvalue weighted by Crippen LogP contribution is 2.26. The number of hydrogen-bond donors (Lipinski definition) is 3. The number of furan rings is 1. The minimum Gasteiger partial charge on any atom is -0.447 e. The fourth-order valence-corrected chi connectivity index (χ4v) is 2.32. The van der Waals surface area contributed by atoms with Crippen LogP contribution in [0.1, 0.15) is 36.9 Å². The van der Waals surface area contributed by atoms with Crippen LogP contribution in [0.3, 0.4) is 0 Å². The predicted molar refractivity (Wildman–Crippen MR) is 87.0 cm³/mol. The summed E-state index contributed by atoms with van der Waals surface area (Å²) in [4.78, 5) is 12.1. The largest absolute Gasteiger partial charge is 0.447 e. The van der Waals surface area contributed by atoms with E-state index in [2.05, 4.69) is 16.2 Å². The third-order valence-corrected chi connectivity index (χ3v) is 3.10. The Balaban J connectivity index is 2.12. The molecule has 7 heteroatoms. The molecule has 2 rings (SSSR count). The topological polar surface area (TPSA) is 66.3 Å². The number of amides is 1. The molecule has 3 N–H and O–H groups in total. The van der Waals surface area contributed by atoms with Crippen molar-refractivity contribution in [2.75, 3.05) is 0 Å². The molecule has 0 saturated heterocycles. The molecule has 0 spiro atoms. The van der Waals surface area contributed by atoms with E-state index in [1.165, 1.54) is 6.07 Å². The summed E-state index contributed by atoms with van der Waals surface area (Å²) in [7, 11) is 0. The first-order chi connectivity index (χ1) is 10.2. The summed E-state index contributed by atoms with van der Waals surface area (Å²) in [5.74, 6) is -0.977. The molecule has 0 fully saturated rings. The molecule has 0 radical (unpaired) electrons. The Hall–Kier alpha value is -2.15. The first-order valence-electron chi connectivity index (χ1n) is 6.75. The lowest BCUT2D eigenvalue weighted by Gasteiger charge is -2.22. The van der Waals surface area contributed by atoms with Crippen LogP contribution in [0.2, 0.25) is 0 Å². The van der Waals surface area contributed by atoms with Crippen molar-refractivity contribution in [3.05, 3.63) is 35.3 Å². The minimum absolute atomic E-state index is 0.0474. The summed E-state index contributed by atoms with van der Waals surface area (Å²) in [5, 5.41) is 3.84. The van der Waals surface area contributed by atoms with Gasteiger partial charge >= 0.3 is 5.91 Å². The molecule has 0 saturated carbocycles. The Labute approximate surface area is 133 Å². The van der Waals surface area contributed by atoms with E-state index < -0.39 is 11.7 Å². The van der Waals surface area contributed by atoms with E-state index in [-0.39, 0.29) is 22.0 Å². The summed E-state index contributed by atoms with van der Waals surface area (Å²) in [5.41, 5.74) is 5.44. The Morgan fingerprint density at radius 3 is 2.55 bits per heavy atom. The number of aryl methyl sites for hydroxylation is 1. The molecule has 0 aliphatic heterocycles. The van der Waals surface area contributed by atoms with Gasteiger partial charge in [-0.3, -0.25) is 15.6 Å². The highest BCUT2D eigenvalue weighted by molar-refractivity contribution is 7.80. The SMILES string of the molecule is Cc1c(C(=O)NNC(=S)NC(C)(C)C)oc2c(F)cccc12. The average molecular weight is 323 g/mol. The highest BCUT2D eigenvalue weighted by Gasteiger charge is 2.20. The van der Waals surface area contributed by atoms with Crippen molar-refractivity contribution in [1.29, 1.82) is 0 Å². The van der Waals surface area contributed by atoms with E-state index in [0.29, 0.717) is 10.9 Å². The number of para-hydroxylation sites is 1. The number of thiocarbonyl (C=S) groups is 1. The molecule has 1 aromatic heterocycles. The summed E-state index contributed by atoms with van der Waals surface area (Å²) < 4.78 is 19.0. The van der Waals surface area contributed by atoms with Gasteiger partial charge in [-0.25, -0.2) is 4.39 Å². The van der Waals surface area contributed by atoms with Gasteiger partial charge in [-0.2, -0.15) is 0 Å². The Morgan fingerprint density at radius 2 is 1.95 bits per heavy atom. The zero-order chi connectivity index (χ0) is 16.5. The lowest BCUT2D eigenvalue weighted by atomic mass is 10.1. The Bertz CT molecular complexity index is 734. The van der Waals surface area contributed by atoms with Crippen LogP contribution < -0.4 is 16.2 Å². The van der Waals surface area contributed by atoms with Crippen molar-refractivity contribution in [3.8, 4) is 0 Å². The maximum absolute atomic E-state index is 13.7. The van der Waals surface area contributed by atoms with Gasteiger partial charge in [-0.15, -0.1) is 0 Å². The Morgan fingerprint density at radius 1 is 1.27 bits per heavy atom. The second-order valence-corrected chi connectivity index (χ2v) is 6.36. The van der Waals surface area contributed by atoms with Crippen molar-refractivity contribution in [3.63, 3.8) is 0 Å². The minimum atomic E-state index is -0.522. The van der Waals surface area contributed by atoms with Crippen LogP contribution in [-0.4, -0.2) is 16.6 Å². The van der Waals surface area contributed by atoms with Crippen LogP contribution in [-0.2, 0) is 0 Å².